The first-order chi connectivity index (χ1) is 16.3. The van der Waals surface area contributed by atoms with Crippen LogP contribution in [0.4, 0.5) is 5.69 Å². The van der Waals surface area contributed by atoms with Gasteiger partial charge in [-0.15, -0.1) is 0 Å². The Morgan fingerprint density at radius 1 is 1.03 bits per heavy atom. The lowest BCUT2D eigenvalue weighted by Crippen LogP contribution is -2.13. The summed E-state index contributed by atoms with van der Waals surface area (Å²) in [4.78, 5) is 12.6. The molecule has 1 amide bonds. The van der Waals surface area contributed by atoms with Crippen LogP contribution >= 0.6 is 23.2 Å². The minimum atomic E-state index is -0.583. The molecule has 0 unspecified atom stereocenters. The topological polar surface area (TPSA) is 71.3 Å². The van der Waals surface area contributed by atoms with Crippen LogP contribution in [-0.4, -0.2) is 12.5 Å². The molecule has 5 nitrogen and oxygen atoms in total. The van der Waals surface area contributed by atoms with Gasteiger partial charge in [0.25, 0.3) is 5.91 Å². The molecule has 0 saturated carbocycles. The van der Waals surface area contributed by atoms with Crippen LogP contribution in [0.3, 0.4) is 0 Å². The first-order valence-electron chi connectivity index (χ1n) is 10.6. The second kappa shape index (κ2) is 11.6. The van der Waals surface area contributed by atoms with Gasteiger partial charge >= 0.3 is 0 Å². The molecule has 0 aliphatic carbocycles. The molecule has 0 atom stereocenters. The lowest BCUT2D eigenvalue weighted by atomic mass is 10.1. The van der Waals surface area contributed by atoms with Gasteiger partial charge in [-0.05, 0) is 62.2 Å². The number of halogens is 2. The van der Waals surface area contributed by atoms with Gasteiger partial charge < -0.3 is 14.8 Å². The van der Waals surface area contributed by atoms with Crippen molar-refractivity contribution in [2.24, 2.45) is 0 Å². The fourth-order valence-corrected chi connectivity index (χ4v) is 3.91. The van der Waals surface area contributed by atoms with Crippen molar-refractivity contribution >= 4 is 40.9 Å². The molecule has 34 heavy (non-hydrogen) atoms. The highest BCUT2D eigenvalue weighted by atomic mass is 35.5. The highest BCUT2D eigenvalue weighted by molar-refractivity contribution is 6.34. The average molecular weight is 495 g/mol. The number of rotatable bonds is 8. The van der Waals surface area contributed by atoms with Gasteiger partial charge in [0.1, 0.15) is 18.2 Å². The summed E-state index contributed by atoms with van der Waals surface area (Å²) in [5.41, 5.74) is 4.14. The van der Waals surface area contributed by atoms with Crippen molar-refractivity contribution in [2.45, 2.75) is 27.4 Å². The summed E-state index contributed by atoms with van der Waals surface area (Å²) in [7, 11) is 0. The fourth-order valence-electron chi connectivity index (χ4n) is 3.45. The van der Waals surface area contributed by atoms with Crippen LogP contribution in [0.2, 0.25) is 10.0 Å². The number of nitrogens with one attached hydrogen (secondary N) is 1. The largest absolute Gasteiger partial charge is 0.490 e. The quantitative estimate of drug-likeness (QED) is 0.267. The molecule has 0 aromatic heterocycles. The number of nitrogens with zero attached hydrogens (tertiary/aromatic N) is 1. The van der Waals surface area contributed by atoms with Crippen molar-refractivity contribution in [3.63, 3.8) is 0 Å². The molecule has 0 aliphatic heterocycles. The van der Waals surface area contributed by atoms with Gasteiger partial charge in [-0.3, -0.25) is 4.79 Å². The molecule has 0 fully saturated rings. The molecule has 0 spiro atoms. The van der Waals surface area contributed by atoms with E-state index in [0.29, 0.717) is 46.0 Å². The maximum atomic E-state index is 12.6. The molecule has 3 aromatic rings. The molecule has 0 aliphatic rings. The third-order valence-electron chi connectivity index (χ3n) is 4.79. The number of benzene rings is 3. The molecule has 0 bridgehead atoms. The maximum Gasteiger partial charge on any atom is 0.266 e. The number of hydrogen-bond donors (Lipinski definition) is 1. The molecule has 174 valence electrons. The van der Waals surface area contributed by atoms with E-state index in [4.69, 9.17) is 32.7 Å². The lowest BCUT2D eigenvalue weighted by molar-refractivity contribution is -0.112. The van der Waals surface area contributed by atoms with Crippen molar-refractivity contribution in [3.8, 4) is 17.6 Å². The Bertz CT molecular complexity index is 1260. The SMILES string of the molecule is CCOc1cc(/C=C(\C#N)C(=O)Nc2ccccc2Cl)cc(Cl)c1OCc1cc(C)cc(C)c1. The van der Waals surface area contributed by atoms with Crippen molar-refractivity contribution in [1.29, 1.82) is 5.26 Å². The maximum absolute atomic E-state index is 12.6. The predicted octanol–water partition coefficient (Wildman–Crippen LogP) is 7.13. The summed E-state index contributed by atoms with van der Waals surface area (Å²) in [5.74, 6) is 0.244. The average Bonchev–Trinajstić information content (AvgIpc) is 2.78. The van der Waals surface area contributed by atoms with Crippen LogP contribution in [0.1, 0.15) is 29.2 Å². The van der Waals surface area contributed by atoms with E-state index in [0.717, 1.165) is 16.7 Å². The Morgan fingerprint density at radius 3 is 2.38 bits per heavy atom. The third-order valence-corrected chi connectivity index (χ3v) is 5.40. The molecule has 3 rings (SSSR count). The van der Waals surface area contributed by atoms with Crippen molar-refractivity contribution in [1.82, 2.24) is 0 Å². The minimum absolute atomic E-state index is 0.109. The molecule has 1 N–H and O–H groups in total. The van der Waals surface area contributed by atoms with E-state index in [1.165, 1.54) is 6.08 Å². The first kappa shape index (κ1) is 25.2. The predicted molar refractivity (Wildman–Crippen MR) is 137 cm³/mol. The van der Waals surface area contributed by atoms with E-state index in [9.17, 15) is 10.1 Å². The van der Waals surface area contributed by atoms with Gasteiger partial charge in [0.2, 0.25) is 0 Å². The zero-order valence-corrected chi connectivity index (χ0v) is 20.6. The second-order valence-electron chi connectivity index (χ2n) is 7.65. The lowest BCUT2D eigenvalue weighted by Gasteiger charge is -2.15. The van der Waals surface area contributed by atoms with Gasteiger partial charge in [-0.2, -0.15) is 5.26 Å². The molecule has 0 heterocycles. The van der Waals surface area contributed by atoms with E-state index < -0.39 is 5.91 Å². The van der Waals surface area contributed by atoms with Crippen LogP contribution < -0.4 is 14.8 Å². The molecular formula is C27H24Cl2N2O3. The van der Waals surface area contributed by atoms with E-state index in [2.05, 4.69) is 23.5 Å². The highest BCUT2D eigenvalue weighted by Crippen LogP contribution is 2.38. The van der Waals surface area contributed by atoms with Gasteiger partial charge in [-0.1, -0.05) is 64.7 Å². The number of anilines is 1. The monoisotopic (exact) mass is 494 g/mol. The molecule has 7 heteroatoms. The van der Waals surface area contributed by atoms with Crippen molar-refractivity contribution in [2.75, 3.05) is 11.9 Å². The number of carbonyl (C=O) groups excluding carboxylic acids is 1. The Hall–Kier alpha value is -3.46. The minimum Gasteiger partial charge on any atom is -0.490 e. The Balaban J connectivity index is 1.86. The van der Waals surface area contributed by atoms with Crippen LogP contribution in [0.15, 0.2) is 60.2 Å². The van der Waals surface area contributed by atoms with Crippen LogP contribution in [0.25, 0.3) is 6.08 Å². The summed E-state index contributed by atoms with van der Waals surface area (Å²) < 4.78 is 11.7. The van der Waals surface area contributed by atoms with Crippen LogP contribution in [0, 0.1) is 25.2 Å². The van der Waals surface area contributed by atoms with Gasteiger partial charge in [0, 0.05) is 0 Å². The van der Waals surface area contributed by atoms with E-state index >= 15 is 0 Å². The number of nitriles is 1. The normalized spacial score (nSPS) is 11.0. The number of ether oxygens (including phenoxy) is 2. The summed E-state index contributed by atoms with van der Waals surface area (Å²) in [6.45, 7) is 6.63. The Labute approximate surface area is 209 Å². The zero-order chi connectivity index (χ0) is 24.7. The first-order valence-corrected chi connectivity index (χ1v) is 11.4. The number of hydrogen-bond acceptors (Lipinski definition) is 4. The van der Waals surface area contributed by atoms with Crippen LogP contribution in [-0.2, 0) is 11.4 Å². The zero-order valence-electron chi connectivity index (χ0n) is 19.1. The Morgan fingerprint density at radius 2 is 1.74 bits per heavy atom. The molecule has 0 saturated heterocycles. The van der Waals surface area contributed by atoms with Gasteiger partial charge in [0.05, 0.1) is 22.3 Å². The van der Waals surface area contributed by atoms with Crippen molar-refractivity contribution in [3.05, 3.63) is 92.5 Å². The summed E-state index contributed by atoms with van der Waals surface area (Å²) in [5, 5.41) is 12.9. The summed E-state index contributed by atoms with van der Waals surface area (Å²) in [6.07, 6.45) is 1.44. The third kappa shape index (κ3) is 6.54. The Kier molecular flexibility index (Phi) is 8.59. The molecule has 3 aromatic carbocycles. The number of amides is 1. The van der Waals surface area contributed by atoms with E-state index in [1.807, 2.05) is 26.8 Å². The smallest absolute Gasteiger partial charge is 0.266 e. The standard InChI is InChI=1S/C27H24Cl2N2O3/c1-4-33-25-14-19(12-21(15-30)27(32)31-24-8-6-5-7-22(24)28)13-23(29)26(25)34-16-20-10-17(2)9-18(3)11-20/h5-14H,4,16H2,1-3H3,(H,31,32)/b21-12+. The molecule has 0 radical (unpaired) electrons. The van der Waals surface area contributed by atoms with Crippen LogP contribution in [0.5, 0.6) is 11.5 Å². The fraction of sp³-hybridized carbons (Fsp3) is 0.185. The molecular weight excluding hydrogens is 471 g/mol. The van der Waals surface area contributed by atoms with Gasteiger partial charge in [0.15, 0.2) is 11.5 Å². The number of aryl methyl sites for hydroxylation is 2. The second-order valence-corrected chi connectivity index (χ2v) is 8.47. The van der Waals surface area contributed by atoms with E-state index in [-0.39, 0.29) is 5.57 Å². The van der Waals surface area contributed by atoms with Crippen molar-refractivity contribution < 1.29 is 14.3 Å². The summed E-state index contributed by atoms with van der Waals surface area (Å²) in [6, 6.07) is 18.2. The highest BCUT2D eigenvalue weighted by Gasteiger charge is 2.16. The van der Waals surface area contributed by atoms with E-state index in [1.54, 1.807) is 36.4 Å². The summed E-state index contributed by atoms with van der Waals surface area (Å²) >= 11 is 12.6. The van der Waals surface area contributed by atoms with Gasteiger partial charge in [-0.25, -0.2) is 0 Å². The number of para-hydroxylation sites is 1. The number of carbonyl (C=O) groups is 1.